The SMILES string of the molecule is O=C(O)c1cnc(N2CCCCC[C@H]2c2ccccc2Br)nc1CCc1cccc(F)c1. The van der Waals surface area contributed by atoms with Crippen molar-refractivity contribution in [2.24, 2.45) is 0 Å². The van der Waals surface area contributed by atoms with Gasteiger partial charge in [-0.1, -0.05) is 59.1 Å². The molecule has 4 rings (SSSR count). The monoisotopic (exact) mass is 497 g/mol. The molecule has 32 heavy (non-hydrogen) atoms. The Bertz CT molecular complexity index is 1110. The molecule has 166 valence electrons. The number of aromatic nitrogens is 2. The van der Waals surface area contributed by atoms with Crippen LogP contribution in [0.15, 0.2) is 59.2 Å². The molecule has 1 aliphatic rings. The molecule has 1 atom stereocenters. The van der Waals surface area contributed by atoms with Gasteiger partial charge in [0.2, 0.25) is 5.95 Å². The smallest absolute Gasteiger partial charge is 0.339 e. The maximum absolute atomic E-state index is 13.6. The molecule has 0 unspecified atom stereocenters. The van der Waals surface area contributed by atoms with Gasteiger partial charge in [0.05, 0.1) is 17.3 Å². The van der Waals surface area contributed by atoms with Gasteiger partial charge in [-0.15, -0.1) is 0 Å². The van der Waals surface area contributed by atoms with Crippen molar-refractivity contribution in [3.8, 4) is 0 Å². The minimum absolute atomic E-state index is 0.0948. The predicted molar refractivity (Wildman–Crippen MR) is 125 cm³/mol. The summed E-state index contributed by atoms with van der Waals surface area (Å²) in [5.74, 6) is -0.805. The number of anilines is 1. The molecule has 0 bridgehead atoms. The molecule has 1 aromatic heterocycles. The minimum atomic E-state index is -1.05. The zero-order chi connectivity index (χ0) is 22.5. The van der Waals surface area contributed by atoms with E-state index in [-0.39, 0.29) is 17.4 Å². The molecule has 2 aromatic carbocycles. The zero-order valence-electron chi connectivity index (χ0n) is 17.7. The van der Waals surface area contributed by atoms with Gasteiger partial charge in [0.15, 0.2) is 0 Å². The fourth-order valence-electron chi connectivity index (χ4n) is 4.29. The molecule has 0 radical (unpaired) electrons. The first kappa shape index (κ1) is 22.4. The summed E-state index contributed by atoms with van der Waals surface area (Å²) < 4.78 is 14.6. The number of nitrogens with zero attached hydrogens (tertiary/aromatic N) is 3. The second-order valence-electron chi connectivity index (χ2n) is 8.05. The second kappa shape index (κ2) is 10.2. The van der Waals surface area contributed by atoms with Gasteiger partial charge in [-0.25, -0.2) is 19.2 Å². The molecule has 1 aliphatic heterocycles. The molecule has 0 spiro atoms. The molecular formula is C25H25BrFN3O2. The number of hydrogen-bond donors (Lipinski definition) is 1. The number of rotatable bonds is 6. The topological polar surface area (TPSA) is 66.3 Å². The molecule has 1 fully saturated rings. The number of carbonyl (C=O) groups is 1. The van der Waals surface area contributed by atoms with E-state index < -0.39 is 5.97 Å². The van der Waals surface area contributed by atoms with Crippen LogP contribution in [0.3, 0.4) is 0 Å². The number of hydrogen-bond acceptors (Lipinski definition) is 4. The lowest BCUT2D eigenvalue weighted by atomic mass is 10.0. The molecule has 7 heteroatoms. The van der Waals surface area contributed by atoms with Gasteiger partial charge < -0.3 is 10.0 Å². The summed E-state index contributed by atoms with van der Waals surface area (Å²) in [6, 6.07) is 14.7. The van der Waals surface area contributed by atoms with Crippen LogP contribution in [0.25, 0.3) is 0 Å². The van der Waals surface area contributed by atoms with E-state index in [1.54, 1.807) is 6.07 Å². The van der Waals surface area contributed by atoms with Crippen molar-refractivity contribution < 1.29 is 14.3 Å². The number of benzene rings is 2. The van der Waals surface area contributed by atoms with E-state index >= 15 is 0 Å². The first-order valence-corrected chi connectivity index (χ1v) is 11.7. The Morgan fingerprint density at radius 3 is 2.75 bits per heavy atom. The average Bonchev–Trinajstić information content (AvgIpc) is 3.04. The van der Waals surface area contributed by atoms with Crippen LogP contribution in [-0.2, 0) is 12.8 Å². The van der Waals surface area contributed by atoms with E-state index in [1.165, 1.54) is 23.9 Å². The highest BCUT2D eigenvalue weighted by atomic mass is 79.9. The fourth-order valence-corrected chi connectivity index (χ4v) is 4.83. The van der Waals surface area contributed by atoms with Crippen molar-refractivity contribution in [2.45, 2.75) is 44.6 Å². The lowest BCUT2D eigenvalue weighted by molar-refractivity contribution is 0.0694. The third-order valence-corrected chi connectivity index (χ3v) is 6.62. The van der Waals surface area contributed by atoms with Gasteiger partial charge in [-0.3, -0.25) is 0 Å². The molecule has 5 nitrogen and oxygen atoms in total. The van der Waals surface area contributed by atoms with Crippen LogP contribution < -0.4 is 4.90 Å². The van der Waals surface area contributed by atoms with Crippen molar-refractivity contribution >= 4 is 27.8 Å². The second-order valence-corrected chi connectivity index (χ2v) is 8.90. The first-order chi connectivity index (χ1) is 15.5. The molecule has 0 aliphatic carbocycles. The quantitative estimate of drug-likeness (QED) is 0.453. The maximum atomic E-state index is 13.6. The van der Waals surface area contributed by atoms with Crippen LogP contribution in [0, 0.1) is 5.82 Å². The molecule has 0 saturated carbocycles. The molecule has 1 saturated heterocycles. The molecule has 0 amide bonds. The minimum Gasteiger partial charge on any atom is -0.478 e. The van der Waals surface area contributed by atoms with Crippen LogP contribution in [0.2, 0.25) is 0 Å². The zero-order valence-corrected chi connectivity index (χ0v) is 19.3. The lowest BCUT2D eigenvalue weighted by Crippen LogP contribution is -2.31. The number of carboxylic acids is 1. The summed E-state index contributed by atoms with van der Waals surface area (Å²) in [6.45, 7) is 0.807. The van der Waals surface area contributed by atoms with Gasteiger partial charge >= 0.3 is 5.97 Å². The van der Waals surface area contributed by atoms with Crippen molar-refractivity contribution in [1.82, 2.24) is 9.97 Å². The summed E-state index contributed by atoms with van der Waals surface area (Å²) in [7, 11) is 0. The number of halogens is 2. The summed E-state index contributed by atoms with van der Waals surface area (Å²) in [6.07, 6.45) is 6.57. The number of aromatic carboxylic acids is 1. The van der Waals surface area contributed by atoms with E-state index in [2.05, 4.69) is 31.9 Å². The van der Waals surface area contributed by atoms with Crippen molar-refractivity contribution in [3.05, 3.63) is 87.4 Å². The van der Waals surface area contributed by atoms with Gasteiger partial charge in [0.25, 0.3) is 0 Å². The van der Waals surface area contributed by atoms with E-state index in [0.29, 0.717) is 24.5 Å². The Morgan fingerprint density at radius 1 is 1.12 bits per heavy atom. The normalized spacial score (nSPS) is 16.6. The van der Waals surface area contributed by atoms with Crippen LogP contribution in [0.4, 0.5) is 10.3 Å². The Kier molecular flexibility index (Phi) is 7.15. The van der Waals surface area contributed by atoms with Gasteiger partial charge in [-0.2, -0.15) is 0 Å². The van der Waals surface area contributed by atoms with E-state index in [4.69, 9.17) is 4.98 Å². The Labute approximate surface area is 195 Å². The first-order valence-electron chi connectivity index (χ1n) is 10.9. The predicted octanol–water partition coefficient (Wildman–Crippen LogP) is 5.98. The van der Waals surface area contributed by atoms with Crippen LogP contribution in [0.5, 0.6) is 0 Å². The molecule has 2 heterocycles. The highest BCUT2D eigenvalue weighted by Crippen LogP contribution is 2.36. The van der Waals surface area contributed by atoms with Crippen LogP contribution >= 0.6 is 15.9 Å². The molecule has 1 N–H and O–H groups in total. The average molecular weight is 498 g/mol. The molecule has 3 aromatic rings. The third kappa shape index (κ3) is 5.15. The summed E-state index contributed by atoms with van der Waals surface area (Å²) in [4.78, 5) is 23.2. The lowest BCUT2D eigenvalue weighted by Gasteiger charge is -2.31. The summed E-state index contributed by atoms with van der Waals surface area (Å²) >= 11 is 3.68. The fraction of sp³-hybridized carbons (Fsp3) is 0.320. The highest BCUT2D eigenvalue weighted by molar-refractivity contribution is 9.10. The van der Waals surface area contributed by atoms with Crippen molar-refractivity contribution in [2.75, 3.05) is 11.4 Å². The number of aryl methyl sites for hydroxylation is 2. The van der Waals surface area contributed by atoms with Gasteiger partial charge in [0, 0.05) is 17.2 Å². The summed E-state index contributed by atoms with van der Waals surface area (Å²) in [5, 5.41) is 9.66. The Balaban J connectivity index is 1.67. The number of carboxylic acid groups (broad SMARTS) is 1. The van der Waals surface area contributed by atoms with Crippen molar-refractivity contribution in [1.29, 1.82) is 0 Å². The Morgan fingerprint density at radius 2 is 1.97 bits per heavy atom. The van der Waals surface area contributed by atoms with Gasteiger partial charge in [-0.05, 0) is 55.0 Å². The molecular weight excluding hydrogens is 473 g/mol. The highest BCUT2D eigenvalue weighted by Gasteiger charge is 2.27. The van der Waals surface area contributed by atoms with E-state index in [0.717, 1.165) is 42.3 Å². The maximum Gasteiger partial charge on any atom is 0.339 e. The van der Waals surface area contributed by atoms with Crippen molar-refractivity contribution in [3.63, 3.8) is 0 Å². The van der Waals surface area contributed by atoms with E-state index in [1.807, 2.05) is 24.3 Å². The van der Waals surface area contributed by atoms with Gasteiger partial charge in [0.1, 0.15) is 5.82 Å². The van der Waals surface area contributed by atoms with E-state index in [9.17, 15) is 14.3 Å². The largest absolute Gasteiger partial charge is 0.478 e. The third-order valence-electron chi connectivity index (χ3n) is 5.90. The standard InChI is InChI=1S/C25H25BrFN3O2/c26-21-10-4-3-9-19(21)23-11-2-1-5-14-30(23)25-28-16-20(24(31)32)22(29-25)13-12-17-7-6-8-18(27)15-17/h3-4,6-10,15-16,23H,1-2,5,11-14H2,(H,31,32)/t23-/m0/s1. The van der Waals surface area contributed by atoms with Crippen LogP contribution in [-0.4, -0.2) is 27.6 Å². The summed E-state index contributed by atoms with van der Waals surface area (Å²) in [5.41, 5.74) is 2.56. The van der Waals surface area contributed by atoms with Crippen LogP contribution in [0.1, 0.15) is 58.9 Å². The Hall–Kier alpha value is -2.80.